The maximum Gasteiger partial charge on any atom is 0.266 e. The minimum atomic E-state index is -0.0880. The van der Waals surface area contributed by atoms with E-state index in [0.717, 1.165) is 0 Å². The predicted octanol–water partition coefficient (Wildman–Crippen LogP) is -0.855. The van der Waals surface area contributed by atoms with Gasteiger partial charge in [-0.2, -0.15) is 0 Å². The smallest absolute Gasteiger partial charge is 0.266 e. The molecule has 0 saturated heterocycles. The molecule has 32 valence electrons. The summed E-state index contributed by atoms with van der Waals surface area (Å²) < 4.78 is 0. The normalized spacial score (nSPS) is 18.3. The van der Waals surface area contributed by atoms with Crippen molar-refractivity contribution in [2.45, 2.75) is 0 Å². The second-order valence-corrected chi connectivity index (χ2v) is 1.03. The molecule has 0 unspecified atom stereocenters. The van der Waals surface area contributed by atoms with Crippen LogP contribution >= 0.6 is 0 Å². The number of amides is 1. The van der Waals surface area contributed by atoms with Gasteiger partial charge in [0.1, 0.15) is 0 Å². The molecule has 0 fully saturated rings. The van der Waals surface area contributed by atoms with Gasteiger partial charge in [0.2, 0.25) is 0 Å². The van der Waals surface area contributed by atoms with Crippen LogP contribution in [0.5, 0.6) is 0 Å². The van der Waals surface area contributed by atoms with Crippen molar-refractivity contribution >= 4 is 12.2 Å². The van der Waals surface area contributed by atoms with Crippen molar-refractivity contribution in [1.29, 1.82) is 0 Å². The van der Waals surface area contributed by atoms with Gasteiger partial charge in [0.25, 0.3) is 5.91 Å². The van der Waals surface area contributed by atoms with E-state index < -0.39 is 0 Å². The molecule has 1 amide bonds. The molecule has 0 atom stereocenters. The number of nitrogens with one attached hydrogen (secondary N) is 1. The van der Waals surface area contributed by atoms with Crippen molar-refractivity contribution in [3.05, 3.63) is 0 Å². The Morgan fingerprint density at radius 1 is 2.00 bits per heavy atom. The molecule has 1 rings (SSSR count). The van der Waals surface area contributed by atoms with Crippen LogP contribution in [0.1, 0.15) is 0 Å². The summed E-state index contributed by atoms with van der Waals surface area (Å²) in [7, 11) is 0. The highest BCUT2D eigenvalue weighted by Gasteiger charge is 1.98. The van der Waals surface area contributed by atoms with Crippen LogP contribution in [0.2, 0.25) is 0 Å². The van der Waals surface area contributed by atoms with Crippen LogP contribution in [0.15, 0.2) is 4.99 Å². The van der Waals surface area contributed by atoms with Crippen LogP contribution in [-0.4, -0.2) is 18.8 Å². The summed E-state index contributed by atoms with van der Waals surface area (Å²) >= 11 is 0. The number of rotatable bonds is 0. The van der Waals surface area contributed by atoms with Gasteiger partial charge in [-0.1, -0.05) is 0 Å². The van der Waals surface area contributed by atoms with Crippen molar-refractivity contribution in [1.82, 2.24) is 5.32 Å². The fraction of sp³-hybridized carbons (Fsp3) is 0.333. The summed E-state index contributed by atoms with van der Waals surface area (Å²) in [5, 5.41) is 2.63. The highest BCUT2D eigenvalue weighted by atomic mass is 16.1. The highest BCUT2D eigenvalue weighted by molar-refractivity contribution is 5.91. The van der Waals surface area contributed by atoms with Gasteiger partial charge < -0.3 is 5.32 Å². The Bertz CT molecular complexity index is 97.0. The van der Waals surface area contributed by atoms with Crippen LogP contribution in [0, 0.1) is 0 Å². The van der Waals surface area contributed by atoms with Gasteiger partial charge in [0, 0.05) is 0 Å². The molecule has 1 heterocycles. The van der Waals surface area contributed by atoms with Crippen molar-refractivity contribution in [3.63, 3.8) is 0 Å². The molecular weight excluding hydrogens is 80.0 g/mol. The Labute approximate surface area is 35.1 Å². The Kier molecular flexibility index (Phi) is 0.602. The van der Waals surface area contributed by atoms with Crippen molar-refractivity contribution in [2.75, 3.05) is 6.54 Å². The van der Waals surface area contributed by atoms with Gasteiger partial charge in [-0.05, 0) is 0 Å². The second kappa shape index (κ2) is 1.08. The quantitative estimate of drug-likeness (QED) is 0.415. The van der Waals surface area contributed by atoms with Crippen LogP contribution in [0.25, 0.3) is 0 Å². The molecule has 0 aliphatic carbocycles. The SMILES string of the molecule is O=C1CNC=N1. The number of hydrogen-bond acceptors (Lipinski definition) is 2. The molecule has 1 aliphatic rings. The lowest BCUT2D eigenvalue weighted by atomic mass is 10.7. The fourth-order valence-electron chi connectivity index (χ4n) is 0.296. The summed E-state index contributed by atoms with van der Waals surface area (Å²) in [5.41, 5.74) is 0. The fourth-order valence-corrected chi connectivity index (χ4v) is 0.296. The van der Waals surface area contributed by atoms with E-state index in [-0.39, 0.29) is 5.91 Å². The molecule has 0 aromatic carbocycles. The third-order valence-electron chi connectivity index (χ3n) is 0.553. The standard InChI is InChI=1S/C3H4N2O/c6-3-1-4-2-5-3/h2H,1H2,(H,4,5,6). The lowest BCUT2D eigenvalue weighted by Crippen LogP contribution is -2.09. The first kappa shape index (κ1) is 3.33. The van der Waals surface area contributed by atoms with Crippen LogP contribution in [0.4, 0.5) is 0 Å². The maximum atomic E-state index is 9.98. The first-order valence-corrected chi connectivity index (χ1v) is 1.68. The summed E-state index contributed by atoms with van der Waals surface area (Å²) in [6.45, 7) is 0.375. The Hall–Kier alpha value is -0.860. The molecule has 1 N–H and O–H groups in total. The average Bonchev–Trinajstić information content (AvgIpc) is 1.86. The van der Waals surface area contributed by atoms with Crippen molar-refractivity contribution < 1.29 is 4.79 Å². The Morgan fingerprint density at radius 2 is 2.83 bits per heavy atom. The molecule has 0 aromatic heterocycles. The molecule has 0 aromatic rings. The van der Waals surface area contributed by atoms with E-state index in [0.29, 0.717) is 6.54 Å². The lowest BCUT2D eigenvalue weighted by Gasteiger charge is -1.74. The zero-order chi connectivity index (χ0) is 4.41. The summed E-state index contributed by atoms with van der Waals surface area (Å²) in [4.78, 5) is 13.3. The molecule has 0 spiro atoms. The molecule has 0 saturated carbocycles. The first-order valence-electron chi connectivity index (χ1n) is 1.68. The number of aliphatic imine (C=N–C) groups is 1. The monoisotopic (exact) mass is 84.0 g/mol. The Morgan fingerprint density at radius 3 is 3.00 bits per heavy atom. The van der Waals surface area contributed by atoms with Crippen molar-refractivity contribution in [3.8, 4) is 0 Å². The van der Waals surface area contributed by atoms with Crippen LogP contribution in [-0.2, 0) is 4.79 Å². The van der Waals surface area contributed by atoms with Crippen LogP contribution < -0.4 is 5.32 Å². The number of hydrogen-bond donors (Lipinski definition) is 1. The van der Waals surface area contributed by atoms with Gasteiger partial charge in [0.15, 0.2) is 0 Å². The third kappa shape index (κ3) is 0.381. The van der Waals surface area contributed by atoms with Gasteiger partial charge >= 0.3 is 0 Å². The lowest BCUT2D eigenvalue weighted by molar-refractivity contribution is -0.116. The third-order valence-corrected chi connectivity index (χ3v) is 0.553. The zero-order valence-corrected chi connectivity index (χ0v) is 3.14. The minimum absolute atomic E-state index is 0.0880. The van der Waals surface area contributed by atoms with E-state index >= 15 is 0 Å². The van der Waals surface area contributed by atoms with E-state index in [1.165, 1.54) is 6.34 Å². The predicted molar refractivity (Wildman–Crippen MR) is 21.5 cm³/mol. The molecule has 0 radical (unpaired) electrons. The molecule has 0 bridgehead atoms. The van der Waals surface area contributed by atoms with Gasteiger partial charge in [0.05, 0.1) is 12.9 Å². The second-order valence-electron chi connectivity index (χ2n) is 1.03. The molecular formula is C3H4N2O. The molecule has 1 aliphatic heterocycles. The van der Waals surface area contributed by atoms with E-state index in [2.05, 4.69) is 10.3 Å². The van der Waals surface area contributed by atoms with Gasteiger partial charge in [-0.3, -0.25) is 4.79 Å². The van der Waals surface area contributed by atoms with E-state index in [1.807, 2.05) is 0 Å². The van der Waals surface area contributed by atoms with Gasteiger partial charge in [-0.15, -0.1) is 0 Å². The van der Waals surface area contributed by atoms with E-state index in [9.17, 15) is 4.79 Å². The molecule has 3 nitrogen and oxygen atoms in total. The minimum Gasteiger partial charge on any atom is -0.367 e. The molecule has 3 heteroatoms. The summed E-state index contributed by atoms with van der Waals surface area (Å²) in [6, 6.07) is 0. The van der Waals surface area contributed by atoms with Gasteiger partial charge in [-0.25, -0.2) is 4.99 Å². The Balaban J connectivity index is 2.59. The van der Waals surface area contributed by atoms with E-state index in [4.69, 9.17) is 0 Å². The molecule has 6 heavy (non-hydrogen) atoms. The number of carbonyl (C=O) groups is 1. The van der Waals surface area contributed by atoms with E-state index in [1.54, 1.807) is 0 Å². The average molecular weight is 84.1 g/mol. The van der Waals surface area contributed by atoms with Crippen molar-refractivity contribution in [2.24, 2.45) is 4.99 Å². The number of nitrogens with zero attached hydrogens (tertiary/aromatic N) is 1. The zero-order valence-electron chi connectivity index (χ0n) is 3.14. The first-order chi connectivity index (χ1) is 2.89. The summed E-state index contributed by atoms with van der Waals surface area (Å²) in [6.07, 6.45) is 1.41. The summed E-state index contributed by atoms with van der Waals surface area (Å²) in [5.74, 6) is -0.0880. The number of carbonyl (C=O) groups excluding carboxylic acids is 1. The topological polar surface area (TPSA) is 41.5 Å². The largest absolute Gasteiger partial charge is 0.367 e. The highest BCUT2D eigenvalue weighted by Crippen LogP contribution is 1.74. The maximum absolute atomic E-state index is 9.98. The van der Waals surface area contributed by atoms with Crippen LogP contribution in [0.3, 0.4) is 0 Å².